The van der Waals surface area contributed by atoms with Gasteiger partial charge in [-0.1, -0.05) is 115 Å². The second-order valence-corrected chi connectivity index (χ2v) is 13.4. The summed E-state index contributed by atoms with van der Waals surface area (Å²) in [6.45, 7) is 0. The van der Waals surface area contributed by atoms with Crippen LogP contribution in [0, 0.1) is 0 Å². The maximum absolute atomic E-state index is 6.80. The molecule has 0 aliphatic rings. The fourth-order valence-corrected chi connectivity index (χ4v) is 8.31. The molecule has 0 atom stereocenters. The number of rotatable bonds is 5. The molecule has 6 aromatic carbocycles. The standard InChI is InChI=1S/C45H27N3OS/c1-2-12-28(13-3-1)45-47-37(31-16-5-4-15-30(31)29-14-11-25-46-27-29)26-38(48-45)34-24-23-33(43-35-17-6-8-20-39(35)49-44(34)43)32-19-10-22-41-42(32)36-18-7-9-21-40(36)50-41/h1-27H. The van der Waals surface area contributed by atoms with Gasteiger partial charge in [0.25, 0.3) is 0 Å². The van der Waals surface area contributed by atoms with Crippen LogP contribution in [0.2, 0.25) is 0 Å². The first-order chi connectivity index (χ1) is 24.8. The molecule has 0 aliphatic heterocycles. The molecule has 0 N–H and O–H groups in total. The van der Waals surface area contributed by atoms with E-state index in [0.717, 1.165) is 66.7 Å². The molecule has 0 saturated carbocycles. The van der Waals surface area contributed by atoms with Crippen LogP contribution in [0.25, 0.3) is 98.3 Å². The van der Waals surface area contributed by atoms with Crippen LogP contribution in [0.5, 0.6) is 0 Å². The zero-order valence-corrected chi connectivity index (χ0v) is 27.6. The summed E-state index contributed by atoms with van der Waals surface area (Å²) >= 11 is 1.84. The van der Waals surface area contributed by atoms with Crippen molar-refractivity contribution < 1.29 is 4.42 Å². The van der Waals surface area contributed by atoms with Gasteiger partial charge >= 0.3 is 0 Å². The minimum atomic E-state index is 0.655. The van der Waals surface area contributed by atoms with E-state index in [9.17, 15) is 0 Å². The minimum Gasteiger partial charge on any atom is -0.455 e. The molecule has 50 heavy (non-hydrogen) atoms. The maximum atomic E-state index is 6.80. The largest absolute Gasteiger partial charge is 0.455 e. The summed E-state index contributed by atoms with van der Waals surface area (Å²) in [6.07, 6.45) is 3.69. The highest BCUT2D eigenvalue weighted by molar-refractivity contribution is 7.25. The Labute approximate surface area is 292 Å². The predicted molar refractivity (Wildman–Crippen MR) is 207 cm³/mol. The van der Waals surface area contributed by atoms with E-state index in [0.29, 0.717) is 5.82 Å². The minimum absolute atomic E-state index is 0.655. The normalized spacial score (nSPS) is 11.6. The number of furan rings is 1. The fourth-order valence-electron chi connectivity index (χ4n) is 7.17. The lowest BCUT2D eigenvalue weighted by atomic mass is 9.93. The first-order valence-electron chi connectivity index (χ1n) is 16.6. The zero-order chi connectivity index (χ0) is 33.0. The van der Waals surface area contributed by atoms with Gasteiger partial charge in [0.1, 0.15) is 11.2 Å². The molecule has 0 spiro atoms. The van der Waals surface area contributed by atoms with Crippen LogP contribution in [0.1, 0.15) is 0 Å². The lowest BCUT2D eigenvalue weighted by molar-refractivity contribution is 0.670. The van der Waals surface area contributed by atoms with Crippen molar-refractivity contribution in [3.8, 4) is 56.2 Å². The molecule has 0 amide bonds. The molecule has 0 radical (unpaired) electrons. The highest BCUT2D eigenvalue weighted by Crippen LogP contribution is 2.46. The van der Waals surface area contributed by atoms with Crippen LogP contribution < -0.4 is 0 Å². The molecule has 4 aromatic heterocycles. The van der Waals surface area contributed by atoms with Gasteiger partial charge in [0.2, 0.25) is 0 Å². The van der Waals surface area contributed by atoms with Gasteiger partial charge in [0.15, 0.2) is 5.82 Å². The zero-order valence-electron chi connectivity index (χ0n) is 26.7. The number of nitrogens with zero attached hydrogens (tertiary/aromatic N) is 3. The van der Waals surface area contributed by atoms with Crippen LogP contribution in [0.3, 0.4) is 0 Å². The molecule has 0 fully saturated rings. The number of pyridine rings is 1. The number of fused-ring (bicyclic) bond motifs is 6. The van der Waals surface area contributed by atoms with Gasteiger partial charge in [-0.25, -0.2) is 9.97 Å². The molecule has 10 rings (SSSR count). The van der Waals surface area contributed by atoms with E-state index in [4.69, 9.17) is 14.4 Å². The van der Waals surface area contributed by atoms with Crippen LogP contribution >= 0.6 is 11.3 Å². The summed E-state index contributed by atoms with van der Waals surface area (Å²) in [6, 6.07) is 52.7. The van der Waals surface area contributed by atoms with Crippen molar-refractivity contribution in [3.05, 3.63) is 164 Å². The van der Waals surface area contributed by atoms with E-state index in [1.165, 1.54) is 25.7 Å². The maximum Gasteiger partial charge on any atom is 0.160 e. The Morgan fingerprint density at radius 2 is 1.12 bits per heavy atom. The third-order valence-corrected chi connectivity index (χ3v) is 10.6. The Morgan fingerprint density at radius 3 is 1.98 bits per heavy atom. The predicted octanol–water partition coefficient (Wildman–Crippen LogP) is 12.5. The number of thiophene rings is 1. The second-order valence-electron chi connectivity index (χ2n) is 12.4. The molecule has 4 nitrogen and oxygen atoms in total. The third-order valence-electron chi connectivity index (χ3n) is 9.43. The van der Waals surface area contributed by atoms with E-state index in [-0.39, 0.29) is 0 Å². The van der Waals surface area contributed by atoms with Crippen molar-refractivity contribution in [2.75, 3.05) is 0 Å². The molecular weight excluding hydrogens is 631 g/mol. The number of hydrogen-bond donors (Lipinski definition) is 0. The van der Waals surface area contributed by atoms with Crippen LogP contribution in [-0.2, 0) is 0 Å². The van der Waals surface area contributed by atoms with E-state index >= 15 is 0 Å². The molecule has 0 aliphatic carbocycles. The highest BCUT2D eigenvalue weighted by atomic mass is 32.1. The summed E-state index contributed by atoms with van der Waals surface area (Å²) in [5.74, 6) is 0.655. The molecule has 4 heterocycles. The first kappa shape index (κ1) is 28.6. The van der Waals surface area contributed by atoms with Crippen LogP contribution in [0.4, 0.5) is 0 Å². The van der Waals surface area contributed by atoms with Crippen LogP contribution in [0.15, 0.2) is 168 Å². The molecule has 0 bridgehead atoms. The van der Waals surface area contributed by atoms with E-state index in [2.05, 4.69) is 126 Å². The van der Waals surface area contributed by atoms with Crippen molar-refractivity contribution in [3.63, 3.8) is 0 Å². The van der Waals surface area contributed by atoms with Gasteiger partial charge in [-0.3, -0.25) is 4.98 Å². The van der Waals surface area contributed by atoms with Gasteiger partial charge in [-0.15, -0.1) is 11.3 Å². The summed E-state index contributed by atoms with van der Waals surface area (Å²) < 4.78 is 9.36. The smallest absolute Gasteiger partial charge is 0.160 e. The topological polar surface area (TPSA) is 51.8 Å². The van der Waals surface area contributed by atoms with Gasteiger partial charge in [0.05, 0.1) is 11.4 Å². The van der Waals surface area contributed by atoms with E-state index in [1.54, 1.807) is 6.20 Å². The number of hydrogen-bond acceptors (Lipinski definition) is 5. The van der Waals surface area contributed by atoms with E-state index < -0.39 is 0 Å². The molecule has 0 unspecified atom stereocenters. The quantitative estimate of drug-likeness (QED) is 0.185. The fraction of sp³-hybridized carbons (Fsp3) is 0. The summed E-state index contributed by atoms with van der Waals surface area (Å²) in [4.78, 5) is 14.8. The molecule has 5 heteroatoms. The number of aromatic nitrogens is 3. The highest BCUT2D eigenvalue weighted by Gasteiger charge is 2.22. The lowest BCUT2D eigenvalue weighted by Gasteiger charge is -2.14. The Morgan fingerprint density at radius 1 is 0.460 bits per heavy atom. The first-order valence-corrected chi connectivity index (χ1v) is 17.4. The molecule has 0 saturated heterocycles. The monoisotopic (exact) mass is 657 g/mol. The van der Waals surface area contributed by atoms with E-state index in [1.807, 2.05) is 47.9 Å². The van der Waals surface area contributed by atoms with Crippen molar-refractivity contribution in [1.29, 1.82) is 0 Å². The Hall–Kier alpha value is -6.43. The van der Waals surface area contributed by atoms with Crippen molar-refractivity contribution in [2.45, 2.75) is 0 Å². The summed E-state index contributed by atoms with van der Waals surface area (Å²) in [7, 11) is 0. The van der Waals surface area contributed by atoms with Crippen LogP contribution in [-0.4, -0.2) is 15.0 Å². The Kier molecular flexibility index (Phi) is 6.64. The molecular formula is C45H27N3OS. The SMILES string of the molecule is c1ccc(-c2nc(-c3ccccc3-c3cccnc3)cc(-c3ccc(-c4cccc5sc6ccccc6c45)c4c3oc3ccccc34)n2)cc1. The van der Waals surface area contributed by atoms with Crippen molar-refractivity contribution in [1.82, 2.24) is 15.0 Å². The van der Waals surface area contributed by atoms with Crippen molar-refractivity contribution >= 4 is 53.4 Å². The summed E-state index contributed by atoms with van der Waals surface area (Å²) in [5, 5.41) is 4.71. The lowest BCUT2D eigenvalue weighted by Crippen LogP contribution is -1.97. The second kappa shape index (κ2) is 11.6. The van der Waals surface area contributed by atoms with Gasteiger partial charge < -0.3 is 4.42 Å². The van der Waals surface area contributed by atoms with Gasteiger partial charge in [0, 0.05) is 65.6 Å². The van der Waals surface area contributed by atoms with Crippen molar-refractivity contribution in [2.24, 2.45) is 0 Å². The number of benzene rings is 6. The van der Waals surface area contributed by atoms with Gasteiger partial charge in [-0.05, 0) is 53.1 Å². The summed E-state index contributed by atoms with van der Waals surface area (Å²) in [5.41, 5.74) is 10.6. The van der Waals surface area contributed by atoms with Gasteiger partial charge in [-0.2, -0.15) is 0 Å². The third kappa shape index (κ3) is 4.63. The molecule has 10 aromatic rings. The average molecular weight is 658 g/mol. The average Bonchev–Trinajstić information content (AvgIpc) is 3.77. The molecule has 234 valence electrons. The number of para-hydroxylation sites is 1. The Bertz CT molecular complexity index is 2870. The Balaban J connectivity index is 1.26.